The van der Waals surface area contributed by atoms with E-state index in [1.165, 1.54) is 5.41 Å². The van der Waals surface area contributed by atoms with E-state index in [9.17, 15) is 0 Å². The van der Waals surface area contributed by atoms with Crippen LogP contribution < -0.4 is 0 Å². The van der Waals surface area contributed by atoms with Gasteiger partial charge in [0.15, 0.2) is 0 Å². The molecule has 7 heavy (non-hydrogen) atoms. The lowest BCUT2D eigenvalue weighted by Gasteiger charge is -1.96. The van der Waals surface area contributed by atoms with Gasteiger partial charge in [0.2, 0.25) is 0 Å². The summed E-state index contributed by atoms with van der Waals surface area (Å²) in [5.74, 6) is 0. The van der Waals surface area contributed by atoms with Crippen LogP contribution in [0.1, 0.15) is 0 Å². The Hall–Kier alpha value is 0.400. The minimum atomic E-state index is -3.56. The van der Waals surface area contributed by atoms with Crippen molar-refractivity contribution in [3.8, 4) is 0 Å². The predicted octanol–water partition coefficient (Wildman–Crippen LogP) is -0.401. The lowest BCUT2D eigenvalue weighted by Crippen LogP contribution is -1.71. The van der Waals surface area contributed by atoms with Gasteiger partial charge in [0.05, 0.1) is 0 Å². The van der Waals surface area contributed by atoms with E-state index in [-0.39, 0.29) is 10.9 Å². The van der Waals surface area contributed by atoms with Crippen molar-refractivity contribution < 1.29 is 14.7 Å². The second kappa shape index (κ2) is 2.64. The van der Waals surface area contributed by atoms with Gasteiger partial charge >= 0.3 is 0 Å². The highest BCUT2D eigenvalue weighted by Crippen LogP contribution is 2.30. The monoisotopic (exact) mass is 142 g/mol. The molecule has 0 fully saturated rings. The van der Waals surface area contributed by atoms with Crippen molar-refractivity contribution in [3.05, 3.63) is 12.0 Å². The summed E-state index contributed by atoms with van der Waals surface area (Å²) in [5.41, 5.74) is 0. The molecule has 3 nitrogen and oxygen atoms in total. The van der Waals surface area contributed by atoms with Crippen molar-refractivity contribution in [3.63, 3.8) is 0 Å². The first-order valence-electron chi connectivity index (χ1n) is 1.47. The summed E-state index contributed by atoms with van der Waals surface area (Å²) in [7, 11) is 0.0980. The molecule has 3 N–H and O–H groups in total. The van der Waals surface area contributed by atoms with E-state index in [2.05, 4.69) is 6.58 Å². The Labute approximate surface area is 45.1 Å². The quantitative estimate of drug-likeness (QED) is 0.297. The van der Waals surface area contributed by atoms with Crippen LogP contribution >= 0.6 is 6.72 Å². The zero-order chi connectivity index (χ0) is 5.91. The fourth-order valence-electron chi connectivity index (χ4n) is 0.110. The lowest BCUT2D eigenvalue weighted by atomic mass is 11.3. The summed E-state index contributed by atoms with van der Waals surface area (Å²) in [5, 5.41) is 1.23. The molecular weight excluding hydrogens is 135 g/mol. The van der Waals surface area contributed by atoms with Crippen molar-refractivity contribution in [2.45, 2.75) is 0 Å². The summed E-state index contributed by atoms with van der Waals surface area (Å²) < 4.78 is 0. The molecule has 0 rings (SSSR count). The highest BCUT2D eigenvalue weighted by atomic mass is 32.5. The molecule has 5 heteroatoms. The summed E-state index contributed by atoms with van der Waals surface area (Å²) in [6.45, 7) is -0.380. The van der Waals surface area contributed by atoms with Crippen molar-refractivity contribution in [2.24, 2.45) is 0 Å². The fraction of sp³-hybridized carbons (Fsp3) is 0. The van der Waals surface area contributed by atoms with Gasteiger partial charge in [-0.25, -0.2) is 0 Å². The largest absolute Gasteiger partial charge is 0.328 e. The third-order valence-electron chi connectivity index (χ3n) is 0.237. The van der Waals surface area contributed by atoms with Crippen molar-refractivity contribution in [1.82, 2.24) is 0 Å². The first kappa shape index (κ1) is 7.40. The van der Waals surface area contributed by atoms with Gasteiger partial charge in [-0.15, -0.1) is 10.9 Å². The molecule has 0 unspecified atom stereocenters. The summed E-state index contributed by atoms with van der Waals surface area (Å²) in [6, 6.07) is 0. The highest BCUT2D eigenvalue weighted by Gasteiger charge is 1.94. The molecule has 0 spiro atoms. The Morgan fingerprint density at radius 1 is 1.43 bits per heavy atom. The topological polar surface area (TPSA) is 60.7 Å². The Balaban J connectivity index is 3.98. The average molecular weight is 142 g/mol. The molecular formula is C2H7O3PS. The van der Waals surface area contributed by atoms with Gasteiger partial charge in [-0.2, -0.15) is 0 Å². The van der Waals surface area contributed by atoms with Crippen LogP contribution in [-0.4, -0.2) is 14.7 Å². The third kappa shape index (κ3) is 6.40. The van der Waals surface area contributed by atoms with Crippen LogP contribution in [0.25, 0.3) is 0 Å². The molecule has 0 amide bonds. The van der Waals surface area contributed by atoms with Gasteiger partial charge in [-0.1, -0.05) is 6.58 Å². The van der Waals surface area contributed by atoms with Crippen LogP contribution in [0, 0.1) is 0 Å². The second-order valence-electron chi connectivity index (χ2n) is 0.835. The molecule has 0 radical (unpaired) electrons. The molecule has 0 saturated heterocycles. The lowest BCUT2D eigenvalue weighted by molar-refractivity contribution is 0.363. The van der Waals surface area contributed by atoms with E-state index in [1.54, 1.807) is 0 Å². The summed E-state index contributed by atoms with van der Waals surface area (Å²) in [6.07, 6.45) is 0. The first-order chi connectivity index (χ1) is 3.06. The molecule has 0 aliphatic heterocycles. The number of thiol groups is 1. The van der Waals surface area contributed by atoms with Crippen LogP contribution in [0.3, 0.4) is 0 Å². The van der Waals surface area contributed by atoms with Crippen LogP contribution in [0.5, 0.6) is 0 Å². The predicted molar refractivity (Wildman–Crippen MR) is 32.5 cm³/mol. The molecule has 0 aliphatic carbocycles. The average Bonchev–Trinajstić information content (AvgIpc) is 1.30. The van der Waals surface area contributed by atoms with E-state index in [1.807, 2.05) is 0 Å². The van der Waals surface area contributed by atoms with Crippen LogP contribution in [0.2, 0.25) is 0 Å². The minimum absolute atomic E-state index is 0.0980. The zero-order valence-electron chi connectivity index (χ0n) is 3.52. The van der Waals surface area contributed by atoms with E-state index in [4.69, 9.17) is 14.7 Å². The van der Waals surface area contributed by atoms with Crippen molar-refractivity contribution in [1.29, 1.82) is 0 Å². The van der Waals surface area contributed by atoms with E-state index >= 15 is 0 Å². The van der Waals surface area contributed by atoms with Crippen LogP contribution in [-0.2, 0) is 10.9 Å². The maximum atomic E-state index is 8.16. The van der Waals surface area contributed by atoms with Crippen molar-refractivity contribution in [2.75, 3.05) is 0 Å². The maximum absolute atomic E-state index is 8.16. The Bertz CT molecular complexity index is 106. The van der Waals surface area contributed by atoms with Gasteiger partial charge in [0, 0.05) is 0 Å². The SMILES string of the molecule is C=C[SH]=P(O)(O)O. The molecule has 0 aliphatic rings. The molecule has 0 atom stereocenters. The Kier molecular flexibility index (Phi) is 2.80. The molecule has 0 aromatic rings. The summed E-state index contributed by atoms with van der Waals surface area (Å²) in [4.78, 5) is 24.5. The van der Waals surface area contributed by atoms with Crippen LogP contribution in [0.4, 0.5) is 0 Å². The fourth-order valence-corrected chi connectivity index (χ4v) is 0.986. The minimum Gasteiger partial charge on any atom is -0.328 e. The molecule has 0 saturated carbocycles. The standard InChI is InChI=1S/C2H7O3PS/c1-2-7-6(3,4)5/h2-5,7H,1H2. The van der Waals surface area contributed by atoms with E-state index in [0.29, 0.717) is 0 Å². The Morgan fingerprint density at radius 3 is 1.86 bits per heavy atom. The van der Waals surface area contributed by atoms with Gasteiger partial charge in [-0.3, -0.25) is 0 Å². The molecule has 0 bridgehead atoms. The normalized spacial score (nSPS) is 11.3. The molecule has 0 aromatic carbocycles. The molecule has 44 valence electrons. The molecule has 0 heterocycles. The Morgan fingerprint density at radius 2 is 1.86 bits per heavy atom. The van der Waals surface area contributed by atoms with Crippen LogP contribution in [0.15, 0.2) is 12.0 Å². The number of rotatable bonds is 1. The second-order valence-corrected chi connectivity index (χ2v) is 4.81. The zero-order valence-corrected chi connectivity index (χ0v) is 5.31. The smallest absolute Gasteiger partial charge is 0.278 e. The van der Waals surface area contributed by atoms with Gasteiger partial charge in [0.25, 0.3) is 6.72 Å². The summed E-state index contributed by atoms with van der Waals surface area (Å²) >= 11 is 0. The van der Waals surface area contributed by atoms with Gasteiger partial charge < -0.3 is 14.7 Å². The van der Waals surface area contributed by atoms with Gasteiger partial charge in [0.1, 0.15) is 0 Å². The van der Waals surface area contributed by atoms with E-state index < -0.39 is 6.72 Å². The number of hydrogen-bond donors (Lipinski definition) is 4. The number of hydrogen-bond acceptors (Lipinski definition) is 0. The molecule has 0 aromatic heterocycles. The van der Waals surface area contributed by atoms with E-state index in [0.717, 1.165) is 0 Å². The third-order valence-corrected chi connectivity index (χ3v) is 2.13. The van der Waals surface area contributed by atoms with Crippen molar-refractivity contribution >= 4 is 17.7 Å². The first-order valence-corrected chi connectivity index (χ1v) is 4.78. The maximum Gasteiger partial charge on any atom is 0.278 e. The van der Waals surface area contributed by atoms with Gasteiger partial charge in [-0.05, 0) is 5.41 Å². The highest BCUT2D eigenvalue weighted by molar-refractivity contribution is 8.18.